The van der Waals surface area contributed by atoms with E-state index in [0.29, 0.717) is 17.6 Å². The summed E-state index contributed by atoms with van der Waals surface area (Å²) in [6, 6.07) is 0. The van der Waals surface area contributed by atoms with E-state index in [-0.39, 0.29) is 25.6 Å². The van der Waals surface area contributed by atoms with Crippen molar-refractivity contribution in [3.05, 3.63) is 0 Å². The molecule has 0 saturated carbocycles. The van der Waals surface area contributed by atoms with Crippen LogP contribution in [-0.2, 0) is 23.1 Å². The minimum atomic E-state index is -4.05. The van der Waals surface area contributed by atoms with E-state index in [4.69, 9.17) is 18.5 Å². The lowest BCUT2D eigenvalue weighted by molar-refractivity contribution is -0.870. The number of phosphoric ester groups is 1. The first-order valence-corrected chi connectivity index (χ1v) is 14.4. The number of phosphoric acid groups is 1. The minimum absolute atomic E-state index is 0.00720. The SMILES string of the molecule is CCCCCCCCCCCCCCC[C@@H]1OC[C@H](COP(=O)(O)OCC[N+](C)(C)C)O1. The van der Waals surface area contributed by atoms with Crippen LogP contribution in [0.3, 0.4) is 0 Å². The predicted molar refractivity (Wildman–Crippen MR) is 130 cm³/mol. The quantitative estimate of drug-likeness (QED) is 0.122. The number of hydrogen-bond donors (Lipinski definition) is 1. The number of nitrogens with zero attached hydrogens (tertiary/aromatic N) is 1. The Balaban J connectivity index is 1.94. The second kappa shape index (κ2) is 17.4. The molecule has 1 unspecified atom stereocenters. The normalized spacial score (nSPS) is 21.2. The molecule has 1 saturated heterocycles. The summed E-state index contributed by atoms with van der Waals surface area (Å²) >= 11 is 0. The average molecular weight is 481 g/mol. The molecule has 0 amide bonds. The van der Waals surface area contributed by atoms with Crippen molar-refractivity contribution < 1.29 is 32.5 Å². The molecule has 0 aliphatic carbocycles. The molecule has 0 radical (unpaired) electrons. The summed E-state index contributed by atoms with van der Waals surface area (Å²) in [4.78, 5) is 9.78. The number of rotatable bonds is 21. The third kappa shape index (κ3) is 17.5. The molecule has 1 heterocycles. The highest BCUT2D eigenvalue weighted by Gasteiger charge is 2.30. The zero-order valence-corrected chi connectivity index (χ0v) is 22.2. The zero-order valence-electron chi connectivity index (χ0n) is 21.3. The van der Waals surface area contributed by atoms with Gasteiger partial charge in [-0.2, -0.15) is 0 Å². The van der Waals surface area contributed by atoms with E-state index in [1.165, 1.54) is 77.0 Å². The first-order chi connectivity index (χ1) is 15.2. The lowest BCUT2D eigenvalue weighted by atomic mass is 10.0. The molecule has 0 aromatic rings. The van der Waals surface area contributed by atoms with Gasteiger partial charge in [-0.25, -0.2) is 4.57 Å². The molecule has 32 heavy (non-hydrogen) atoms. The van der Waals surface area contributed by atoms with Crippen LogP contribution in [0.1, 0.15) is 96.8 Å². The van der Waals surface area contributed by atoms with Crippen LogP contribution < -0.4 is 0 Å². The van der Waals surface area contributed by atoms with E-state index < -0.39 is 7.82 Å². The van der Waals surface area contributed by atoms with Crippen molar-refractivity contribution >= 4 is 7.82 Å². The molecule has 192 valence electrons. The zero-order chi connectivity index (χ0) is 23.7. The van der Waals surface area contributed by atoms with Crippen molar-refractivity contribution in [1.82, 2.24) is 0 Å². The second-order valence-electron chi connectivity index (χ2n) is 10.2. The van der Waals surface area contributed by atoms with Crippen LogP contribution in [0.25, 0.3) is 0 Å². The third-order valence-corrected chi connectivity index (χ3v) is 6.78. The Morgan fingerprint density at radius 2 is 1.41 bits per heavy atom. The molecule has 0 bridgehead atoms. The summed E-state index contributed by atoms with van der Waals surface area (Å²) in [5.74, 6) is 0. The Morgan fingerprint density at radius 3 is 1.94 bits per heavy atom. The van der Waals surface area contributed by atoms with Gasteiger partial charge in [-0.1, -0.05) is 84.0 Å². The van der Waals surface area contributed by atoms with Gasteiger partial charge < -0.3 is 18.9 Å². The lowest BCUT2D eigenvalue weighted by Gasteiger charge is -2.24. The highest BCUT2D eigenvalue weighted by Crippen LogP contribution is 2.43. The fraction of sp³-hybridized carbons (Fsp3) is 1.00. The fourth-order valence-electron chi connectivity index (χ4n) is 3.72. The molecular formula is C24H51NO6P+. The Morgan fingerprint density at radius 1 is 0.875 bits per heavy atom. The average Bonchev–Trinajstić information content (AvgIpc) is 3.17. The highest BCUT2D eigenvalue weighted by molar-refractivity contribution is 7.47. The fourth-order valence-corrected chi connectivity index (χ4v) is 4.46. The molecule has 8 heteroatoms. The molecule has 3 atom stereocenters. The van der Waals surface area contributed by atoms with Crippen molar-refractivity contribution in [3.63, 3.8) is 0 Å². The van der Waals surface area contributed by atoms with Gasteiger partial charge >= 0.3 is 7.82 Å². The standard InChI is InChI=1S/C24H50NO6P/c1-5-6-7-8-9-10-11-12-13-14-15-16-17-18-24-28-21-23(31-24)22-30-32(26,27)29-20-19-25(2,3)4/h23-24H,5-22H2,1-4H3/p+1/t23-,24-/m1/s1. The van der Waals surface area contributed by atoms with Crippen LogP contribution in [0.5, 0.6) is 0 Å². The molecule has 1 rings (SSSR count). The predicted octanol–water partition coefficient (Wildman–Crippen LogP) is 6.05. The van der Waals surface area contributed by atoms with E-state index in [1.54, 1.807) is 0 Å². The summed E-state index contributed by atoms with van der Waals surface area (Å²) in [6.07, 6.45) is 17.7. The summed E-state index contributed by atoms with van der Waals surface area (Å²) in [5.41, 5.74) is 0. The lowest BCUT2D eigenvalue weighted by Crippen LogP contribution is -2.37. The first-order valence-electron chi connectivity index (χ1n) is 12.9. The number of ether oxygens (including phenoxy) is 2. The number of quaternary nitrogens is 1. The molecule has 1 N–H and O–H groups in total. The molecule has 0 spiro atoms. The van der Waals surface area contributed by atoms with E-state index >= 15 is 0 Å². The third-order valence-electron chi connectivity index (χ3n) is 5.80. The van der Waals surface area contributed by atoms with Crippen molar-refractivity contribution in [1.29, 1.82) is 0 Å². The maximum Gasteiger partial charge on any atom is 0.472 e. The van der Waals surface area contributed by atoms with Gasteiger partial charge in [0.2, 0.25) is 0 Å². The van der Waals surface area contributed by atoms with Crippen LogP contribution in [0.2, 0.25) is 0 Å². The molecule has 1 aliphatic heterocycles. The molecule has 1 fully saturated rings. The first kappa shape index (κ1) is 30.0. The van der Waals surface area contributed by atoms with E-state index in [1.807, 2.05) is 21.1 Å². The van der Waals surface area contributed by atoms with Gasteiger partial charge in [-0.3, -0.25) is 9.05 Å². The van der Waals surface area contributed by atoms with Gasteiger partial charge in [-0.15, -0.1) is 0 Å². The maximum atomic E-state index is 12.0. The Kier molecular flexibility index (Phi) is 16.4. The number of unbranched alkanes of at least 4 members (excludes halogenated alkanes) is 12. The summed E-state index contributed by atoms with van der Waals surface area (Å²) in [6.45, 7) is 3.46. The van der Waals surface area contributed by atoms with Crippen molar-refractivity contribution in [3.8, 4) is 0 Å². The molecular weight excluding hydrogens is 429 g/mol. The second-order valence-corrected chi connectivity index (χ2v) is 11.6. The Hall–Kier alpha value is -0.0100. The Labute approximate surface area is 197 Å². The van der Waals surface area contributed by atoms with Gasteiger partial charge in [0.15, 0.2) is 6.29 Å². The molecule has 0 aromatic heterocycles. The highest BCUT2D eigenvalue weighted by atomic mass is 31.2. The van der Waals surface area contributed by atoms with Crippen molar-refractivity contribution in [2.75, 3.05) is 47.5 Å². The monoisotopic (exact) mass is 480 g/mol. The minimum Gasteiger partial charge on any atom is -0.350 e. The summed E-state index contributed by atoms with van der Waals surface area (Å²) in [7, 11) is 1.93. The van der Waals surface area contributed by atoms with E-state index in [9.17, 15) is 9.46 Å². The molecule has 1 aliphatic rings. The maximum absolute atomic E-state index is 12.0. The molecule has 7 nitrogen and oxygen atoms in total. The van der Waals surface area contributed by atoms with E-state index in [2.05, 4.69) is 6.92 Å². The van der Waals surface area contributed by atoms with Crippen molar-refractivity contribution in [2.24, 2.45) is 0 Å². The topological polar surface area (TPSA) is 74.2 Å². The van der Waals surface area contributed by atoms with Crippen LogP contribution in [-0.4, -0.2) is 69.3 Å². The largest absolute Gasteiger partial charge is 0.472 e. The van der Waals surface area contributed by atoms with Crippen LogP contribution in [0.4, 0.5) is 0 Å². The van der Waals surface area contributed by atoms with Gasteiger partial charge in [0.1, 0.15) is 19.3 Å². The number of likely N-dealkylation sites (N-methyl/N-ethyl adjacent to an activating group) is 1. The molecule has 0 aromatic carbocycles. The van der Waals surface area contributed by atoms with Crippen LogP contribution in [0.15, 0.2) is 0 Å². The smallest absolute Gasteiger partial charge is 0.350 e. The van der Waals surface area contributed by atoms with Crippen LogP contribution >= 0.6 is 7.82 Å². The van der Waals surface area contributed by atoms with Gasteiger partial charge in [0.05, 0.1) is 34.4 Å². The van der Waals surface area contributed by atoms with Crippen molar-refractivity contribution in [2.45, 2.75) is 109 Å². The van der Waals surface area contributed by atoms with Gasteiger partial charge in [0, 0.05) is 0 Å². The number of hydrogen-bond acceptors (Lipinski definition) is 5. The van der Waals surface area contributed by atoms with E-state index in [0.717, 1.165) is 12.8 Å². The Bertz CT molecular complexity index is 499. The van der Waals surface area contributed by atoms with Crippen LogP contribution in [0, 0.1) is 0 Å². The van der Waals surface area contributed by atoms with Gasteiger partial charge in [-0.05, 0) is 12.8 Å². The summed E-state index contributed by atoms with van der Waals surface area (Å²) < 4.78 is 34.1. The summed E-state index contributed by atoms with van der Waals surface area (Å²) in [5, 5.41) is 0. The van der Waals surface area contributed by atoms with Gasteiger partial charge in [0.25, 0.3) is 0 Å².